The van der Waals surface area contributed by atoms with Crippen LogP contribution in [-0.4, -0.2) is 17.9 Å². The van der Waals surface area contributed by atoms with Gasteiger partial charge in [0.15, 0.2) is 6.10 Å². The highest BCUT2D eigenvalue weighted by atomic mass is 32.1. The van der Waals surface area contributed by atoms with E-state index in [1.54, 1.807) is 12.1 Å². The van der Waals surface area contributed by atoms with E-state index in [2.05, 4.69) is 5.32 Å². The van der Waals surface area contributed by atoms with Gasteiger partial charge in [-0.1, -0.05) is 55.5 Å². The van der Waals surface area contributed by atoms with E-state index in [1.165, 1.54) is 11.3 Å². The Labute approximate surface area is 174 Å². The summed E-state index contributed by atoms with van der Waals surface area (Å²) in [5.41, 5.74) is 7.91. The van der Waals surface area contributed by atoms with Crippen LogP contribution in [0.25, 0.3) is 0 Å². The molecule has 29 heavy (non-hydrogen) atoms. The minimum atomic E-state index is -0.668. The first-order valence-corrected chi connectivity index (χ1v) is 10.3. The van der Waals surface area contributed by atoms with Gasteiger partial charge in [-0.3, -0.25) is 9.59 Å². The van der Waals surface area contributed by atoms with E-state index in [1.807, 2.05) is 62.4 Å². The smallest absolute Gasteiger partial charge is 0.266 e. The zero-order valence-electron chi connectivity index (χ0n) is 16.5. The number of anilines is 1. The summed E-state index contributed by atoms with van der Waals surface area (Å²) in [5.74, 6) is -0.228. The van der Waals surface area contributed by atoms with E-state index >= 15 is 0 Å². The van der Waals surface area contributed by atoms with Gasteiger partial charge in [0.25, 0.3) is 11.8 Å². The number of carbonyl (C=O) groups is 2. The maximum absolute atomic E-state index is 12.8. The molecule has 0 aliphatic rings. The molecule has 150 valence electrons. The van der Waals surface area contributed by atoms with Crippen LogP contribution >= 0.6 is 11.3 Å². The van der Waals surface area contributed by atoms with Gasteiger partial charge >= 0.3 is 0 Å². The van der Waals surface area contributed by atoms with Crippen molar-refractivity contribution in [3.05, 3.63) is 82.2 Å². The third kappa shape index (κ3) is 5.03. The lowest BCUT2D eigenvalue weighted by Crippen LogP contribution is -2.32. The number of thiophene rings is 1. The van der Waals surface area contributed by atoms with Gasteiger partial charge in [-0.25, -0.2) is 0 Å². The van der Waals surface area contributed by atoms with Crippen molar-refractivity contribution in [1.29, 1.82) is 0 Å². The van der Waals surface area contributed by atoms with Crippen LogP contribution in [0.4, 0.5) is 5.00 Å². The van der Waals surface area contributed by atoms with Crippen LogP contribution in [0.2, 0.25) is 0 Å². The van der Waals surface area contributed by atoms with Gasteiger partial charge < -0.3 is 15.8 Å². The standard InChI is InChI=1S/C23H24N2O3S/c1-3-18(28-17-12-8-5-9-13-17)22(27)25-23-20(21(24)26)15(2)19(29-23)14-16-10-6-4-7-11-16/h4-13,18H,3,14H2,1-2H3,(H2,24,26)(H,25,27). The second-order valence-electron chi connectivity index (χ2n) is 6.70. The van der Waals surface area contributed by atoms with Crippen LogP contribution < -0.4 is 15.8 Å². The van der Waals surface area contributed by atoms with Gasteiger partial charge in [-0.2, -0.15) is 0 Å². The molecule has 0 aliphatic carbocycles. The Morgan fingerprint density at radius 3 is 2.28 bits per heavy atom. The highest BCUT2D eigenvalue weighted by Gasteiger charge is 2.24. The first-order valence-electron chi connectivity index (χ1n) is 9.48. The fourth-order valence-corrected chi connectivity index (χ4v) is 4.32. The van der Waals surface area contributed by atoms with Crippen molar-refractivity contribution in [2.24, 2.45) is 5.73 Å². The summed E-state index contributed by atoms with van der Waals surface area (Å²) in [6.45, 7) is 3.74. The lowest BCUT2D eigenvalue weighted by molar-refractivity contribution is -0.122. The molecule has 0 radical (unpaired) electrons. The number of rotatable bonds is 8. The van der Waals surface area contributed by atoms with Gasteiger partial charge in [0.2, 0.25) is 0 Å². The number of benzene rings is 2. The van der Waals surface area contributed by atoms with Crippen LogP contribution in [0.5, 0.6) is 5.75 Å². The van der Waals surface area contributed by atoms with E-state index in [9.17, 15) is 9.59 Å². The number of hydrogen-bond acceptors (Lipinski definition) is 4. The molecule has 0 saturated carbocycles. The Balaban J connectivity index is 1.82. The molecule has 1 aromatic heterocycles. The molecule has 1 heterocycles. The predicted octanol–water partition coefficient (Wildman–Crippen LogP) is 4.54. The molecule has 3 rings (SSSR count). The minimum absolute atomic E-state index is 0.300. The summed E-state index contributed by atoms with van der Waals surface area (Å²) in [5, 5.41) is 3.34. The normalized spacial score (nSPS) is 11.7. The predicted molar refractivity (Wildman–Crippen MR) is 117 cm³/mol. The summed E-state index contributed by atoms with van der Waals surface area (Å²) >= 11 is 1.38. The van der Waals surface area contributed by atoms with Crippen molar-refractivity contribution >= 4 is 28.2 Å². The topological polar surface area (TPSA) is 81.4 Å². The molecule has 0 spiro atoms. The fraction of sp³-hybridized carbons (Fsp3) is 0.217. The lowest BCUT2D eigenvalue weighted by Gasteiger charge is -2.17. The van der Waals surface area contributed by atoms with Crippen molar-refractivity contribution in [3.63, 3.8) is 0 Å². The molecule has 1 atom stereocenters. The molecule has 1 unspecified atom stereocenters. The zero-order chi connectivity index (χ0) is 20.8. The Bertz CT molecular complexity index is 984. The summed E-state index contributed by atoms with van der Waals surface area (Å²) in [6, 6.07) is 19.2. The monoisotopic (exact) mass is 408 g/mol. The number of ether oxygens (including phenoxy) is 1. The molecular formula is C23H24N2O3S. The second-order valence-corrected chi connectivity index (χ2v) is 7.80. The summed E-state index contributed by atoms with van der Waals surface area (Å²) in [7, 11) is 0. The van der Waals surface area contributed by atoms with Crippen molar-refractivity contribution < 1.29 is 14.3 Å². The van der Waals surface area contributed by atoms with Crippen LogP contribution in [0, 0.1) is 6.92 Å². The van der Waals surface area contributed by atoms with Gasteiger partial charge in [0.05, 0.1) is 5.56 Å². The van der Waals surface area contributed by atoms with Crippen LogP contribution in [-0.2, 0) is 11.2 Å². The average molecular weight is 409 g/mol. The molecule has 3 aromatic rings. The van der Waals surface area contributed by atoms with Gasteiger partial charge in [-0.15, -0.1) is 11.3 Å². The number of nitrogens with two attached hydrogens (primary N) is 1. The number of nitrogens with one attached hydrogen (secondary N) is 1. The molecule has 0 aliphatic heterocycles. The molecular weight excluding hydrogens is 384 g/mol. The quantitative estimate of drug-likeness (QED) is 0.574. The lowest BCUT2D eigenvalue weighted by atomic mass is 10.1. The summed E-state index contributed by atoms with van der Waals surface area (Å²) in [4.78, 5) is 25.9. The first-order chi connectivity index (χ1) is 14.0. The molecule has 0 bridgehead atoms. The Hall–Kier alpha value is -3.12. The molecule has 5 nitrogen and oxygen atoms in total. The molecule has 0 saturated heterocycles. The highest BCUT2D eigenvalue weighted by Crippen LogP contribution is 2.34. The van der Waals surface area contributed by atoms with Gasteiger partial charge in [0.1, 0.15) is 10.8 Å². The minimum Gasteiger partial charge on any atom is -0.481 e. The summed E-state index contributed by atoms with van der Waals surface area (Å²) < 4.78 is 5.81. The van der Waals surface area contributed by atoms with Gasteiger partial charge in [0, 0.05) is 11.3 Å². The largest absolute Gasteiger partial charge is 0.481 e. The van der Waals surface area contributed by atoms with Crippen LogP contribution in [0.3, 0.4) is 0 Å². The Morgan fingerprint density at radius 1 is 1.07 bits per heavy atom. The number of primary amides is 1. The van der Waals surface area contributed by atoms with Crippen LogP contribution in [0.1, 0.15) is 39.7 Å². The molecule has 0 fully saturated rings. The van der Waals surface area contributed by atoms with Crippen molar-refractivity contribution in [2.75, 3.05) is 5.32 Å². The van der Waals surface area contributed by atoms with Crippen molar-refractivity contribution in [3.8, 4) is 5.75 Å². The molecule has 6 heteroatoms. The Morgan fingerprint density at radius 2 is 1.69 bits per heavy atom. The maximum atomic E-state index is 12.8. The van der Waals surface area contributed by atoms with E-state index in [0.29, 0.717) is 29.2 Å². The Kier molecular flexibility index (Phi) is 6.67. The van der Waals surface area contributed by atoms with Crippen LogP contribution in [0.15, 0.2) is 60.7 Å². The van der Waals surface area contributed by atoms with E-state index < -0.39 is 12.0 Å². The third-order valence-corrected chi connectivity index (χ3v) is 5.83. The number of para-hydroxylation sites is 1. The second kappa shape index (κ2) is 9.39. The van der Waals surface area contributed by atoms with E-state index in [0.717, 1.165) is 16.0 Å². The van der Waals surface area contributed by atoms with Gasteiger partial charge in [-0.05, 0) is 36.6 Å². The summed E-state index contributed by atoms with van der Waals surface area (Å²) in [6.07, 6.45) is 0.497. The number of amides is 2. The number of hydrogen-bond donors (Lipinski definition) is 2. The SMILES string of the molecule is CCC(Oc1ccccc1)C(=O)Nc1sc(Cc2ccccc2)c(C)c1C(N)=O. The first kappa shape index (κ1) is 20.6. The fourth-order valence-electron chi connectivity index (χ4n) is 3.07. The average Bonchev–Trinajstić information content (AvgIpc) is 3.02. The van der Waals surface area contributed by atoms with E-state index in [-0.39, 0.29) is 5.91 Å². The zero-order valence-corrected chi connectivity index (χ0v) is 17.3. The van der Waals surface area contributed by atoms with E-state index in [4.69, 9.17) is 10.5 Å². The molecule has 2 aromatic carbocycles. The van der Waals surface area contributed by atoms with Crippen molar-refractivity contribution in [1.82, 2.24) is 0 Å². The maximum Gasteiger partial charge on any atom is 0.266 e. The van der Waals surface area contributed by atoms with Crippen molar-refractivity contribution in [2.45, 2.75) is 32.8 Å². The number of carbonyl (C=O) groups excluding carboxylic acids is 2. The molecule has 2 amide bonds. The third-order valence-electron chi connectivity index (χ3n) is 4.62. The highest BCUT2D eigenvalue weighted by molar-refractivity contribution is 7.17. The molecule has 3 N–H and O–H groups in total.